The SMILES string of the molecule is NC1CCCN(C(=O)c2[nH]cnc2-c2ccccc2)CC1. The predicted octanol–water partition coefficient (Wildman–Crippen LogP) is 2.03. The van der Waals surface area contributed by atoms with Gasteiger partial charge in [0, 0.05) is 24.7 Å². The third kappa shape index (κ3) is 2.97. The number of nitrogens with two attached hydrogens (primary N) is 1. The Morgan fingerprint density at radius 2 is 2.05 bits per heavy atom. The molecule has 1 amide bonds. The van der Waals surface area contributed by atoms with Crippen molar-refractivity contribution in [2.24, 2.45) is 5.73 Å². The normalized spacial score (nSPS) is 19.3. The first-order chi connectivity index (χ1) is 10.3. The second-order valence-corrected chi connectivity index (χ2v) is 5.48. The molecule has 1 aliphatic heterocycles. The third-order valence-corrected chi connectivity index (χ3v) is 3.96. The highest BCUT2D eigenvalue weighted by Gasteiger charge is 2.23. The maximum Gasteiger partial charge on any atom is 0.272 e. The lowest BCUT2D eigenvalue weighted by atomic mass is 10.1. The zero-order valence-corrected chi connectivity index (χ0v) is 12.0. The molecule has 0 bridgehead atoms. The van der Waals surface area contributed by atoms with Crippen molar-refractivity contribution >= 4 is 5.91 Å². The Morgan fingerprint density at radius 1 is 1.24 bits per heavy atom. The van der Waals surface area contributed by atoms with Crippen LogP contribution in [-0.4, -0.2) is 39.9 Å². The van der Waals surface area contributed by atoms with Gasteiger partial charge in [-0.3, -0.25) is 4.79 Å². The molecule has 2 heterocycles. The molecule has 0 radical (unpaired) electrons. The van der Waals surface area contributed by atoms with E-state index in [0.29, 0.717) is 17.9 Å². The van der Waals surface area contributed by atoms with Gasteiger partial charge in [-0.2, -0.15) is 0 Å². The largest absolute Gasteiger partial charge is 0.340 e. The van der Waals surface area contributed by atoms with Crippen molar-refractivity contribution in [3.05, 3.63) is 42.4 Å². The van der Waals surface area contributed by atoms with Gasteiger partial charge in [0.1, 0.15) is 11.4 Å². The number of carbonyl (C=O) groups is 1. The van der Waals surface area contributed by atoms with Gasteiger partial charge in [0.2, 0.25) is 0 Å². The first kappa shape index (κ1) is 13.8. The van der Waals surface area contributed by atoms with Crippen molar-refractivity contribution < 1.29 is 4.79 Å². The average Bonchev–Trinajstić information content (AvgIpc) is 2.90. The number of likely N-dealkylation sites (tertiary alicyclic amines) is 1. The lowest BCUT2D eigenvalue weighted by Crippen LogP contribution is -2.33. The van der Waals surface area contributed by atoms with E-state index in [1.807, 2.05) is 35.2 Å². The van der Waals surface area contributed by atoms with Crippen LogP contribution in [0.15, 0.2) is 36.7 Å². The van der Waals surface area contributed by atoms with Crippen LogP contribution in [0, 0.1) is 0 Å². The predicted molar refractivity (Wildman–Crippen MR) is 81.8 cm³/mol. The molecule has 1 saturated heterocycles. The van der Waals surface area contributed by atoms with Crippen LogP contribution >= 0.6 is 0 Å². The number of carbonyl (C=O) groups excluding carboxylic acids is 1. The van der Waals surface area contributed by atoms with Crippen molar-refractivity contribution in [1.82, 2.24) is 14.9 Å². The Bertz CT molecular complexity index is 608. The highest BCUT2D eigenvalue weighted by Crippen LogP contribution is 2.22. The molecule has 21 heavy (non-hydrogen) atoms. The number of aromatic nitrogens is 2. The van der Waals surface area contributed by atoms with Crippen LogP contribution < -0.4 is 5.73 Å². The summed E-state index contributed by atoms with van der Waals surface area (Å²) in [5, 5.41) is 0. The van der Waals surface area contributed by atoms with Crippen LogP contribution in [0.5, 0.6) is 0 Å². The number of amides is 1. The van der Waals surface area contributed by atoms with Crippen LogP contribution in [0.4, 0.5) is 0 Å². The van der Waals surface area contributed by atoms with E-state index >= 15 is 0 Å². The van der Waals surface area contributed by atoms with Gasteiger partial charge in [0.15, 0.2) is 0 Å². The van der Waals surface area contributed by atoms with Crippen LogP contribution in [0.25, 0.3) is 11.3 Å². The zero-order valence-electron chi connectivity index (χ0n) is 12.0. The molecule has 110 valence electrons. The maximum atomic E-state index is 12.7. The standard InChI is InChI=1S/C16H20N4O/c17-13-7-4-9-20(10-8-13)16(21)15-14(18-11-19-15)12-5-2-1-3-6-12/h1-3,5-6,11,13H,4,7-10,17H2,(H,18,19). The smallest absolute Gasteiger partial charge is 0.272 e. The zero-order chi connectivity index (χ0) is 14.7. The molecule has 1 fully saturated rings. The van der Waals surface area contributed by atoms with Gasteiger partial charge >= 0.3 is 0 Å². The summed E-state index contributed by atoms with van der Waals surface area (Å²) < 4.78 is 0. The minimum atomic E-state index is 0.0143. The summed E-state index contributed by atoms with van der Waals surface area (Å²) in [4.78, 5) is 21.9. The number of nitrogens with one attached hydrogen (secondary N) is 1. The van der Waals surface area contributed by atoms with Crippen molar-refractivity contribution in [2.45, 2.75) is 25.3 Å². The molecule has 0 saturated carbocycles. The van der Waals surface area contributed by atoms with Crippen LogP contribution in [0.3, 0.4) is 0 Å². The first-order valence-corrected chi connectivity index (χ1v) is 7.39. The first-order valence-electron chi connectivity index (χ1n) is 7.39. The number of nitrogens with zero attached hydrogens (tertiary/aromatic N) is 2. The molecule has 2 aromatic rings. The van der Waals surface area contributed by atoms with Crippen molar-refractivity contribution in [3.8, 4) is 11.3 Å². The minimum Gasteiger partial charge on any atom is -0.340 e. The topological polar surface area (TPSA) is 75.0 Å². The number of rotatable bonds is 2. The Labute approximate surface area is 124 Å². The molecular weight excluding hydrogens is 264 g/mol. The molecule has 1 aromatic carbocycles. The molecule has 3 rings (SSSR count). The van der Waals surface area contributed by atoms with Crippen molar-refractivity contribution in [1.29, 1.82) is 0 Å². The molecule has 1 aliphatic rings. The van der Waals surface area contributed by atoms with Gasteiger partial charge in [0.25, 0.3) is 5.91 Å². The molecule has 1 atom stereocenters. The van der Waals surface area contributed by atoms with E-state index < -0.39 is 0 Å². The van der Waals surface area contributed by atoms with E-state index in [1.165, 1.54) is 0 Å². The van der Waals surface area contributed by atoms with Crippen molar-refractivity contribution in [3.63, 3.8) is 0 Å². The van der Waals surface area contributed by atoms with E-state index in [2.05, 4.69) is 9.97 Å². The fourth-order valence-corrected chi connectivity index (χ4v) is 2.76. The van der Waals surface area contributed by atoms with Crippen molar-refractivity contribution in [2.75, 3.05) is 13.1 Å². The van der Waals surface area contributed by atoms with E-state index in [9.17, 15) is 4.79 Å². The monoisotopic (exact) mass is 284 g/mol. The number of hydrogen-bond donors (Lipinski definition) is 2. The molecule has 5 nitrogen and oxygen atoms in total. The third-order valence-electron chi connectivity index (χ3n) is 3.96. The van der Waals surface area contributed by atoms with E-state index in [-0.39, 0.29) is 11.9 Å². The fourth-order valence-electron chi connectivity index (χ4n) is 2.76. The summed E-state index contributed by atoms with van der Waals surface area (Å²) in [7, 11) is 0. The molecular formula is C16H20N4O. The molecule has 0 aliphatic carbocycles. The number of hydrogen-bond acceptors (Lipinski definition) is 3. The Balaban J connectivity index is 1.84. The van der Waals surface area contributed by atoms with E-state index in [4.69, 9.17) is 5.73 Å². The van der Waals surface area contributed by atoms with Crippen LogP contribution in [0.2, 0.25) is 0 Å². The summed E-state index contributed by atoms with van der Waals surface area (Å²) >= 11 is 0. The van der Waals surface area contributed by atoms with E-state index in [1.54, 1.807) is 6.33 Å². The molecule has 5 heteroatoms. The van der Waals surface area contributed by atoms with Gasteiger partial charge in [0.05, 0.1) is 6.33 Å². The Morgan fingerprint density at radius 3 is 2.86 bits per heavy atom. The van der Waals surface area contributed by atoms with E-state index in [0.717, 1.165) is 31.4 Å². The lowest BCUT2D eigenvalue weighted by molar-refractivity contribution is 0.0757. The highest BCUT2D eigenvalue weighted by atomic mass is 16.2. The second kappa shape index (κ2) is 6.10. The average molecular weight is 284 g/mol. The quantitative estimate of drug-likeness (QED) is 0.886. The summed E-state index contributed by atoms with van der Waals surface area (Å²) in [6.07, 6.45) is 4.39. The van der Waals surface area contributed by atoms with Gasteiger partial charge in [-0.25, -0.2) is 4.98 Å². The second-order valence-electron chi connectivity index (χ2n) is 5.48. The number of H-pyrrole nitrogens is 1. The Hall–Kier alpha value is -2.14. The maximum absolute atomic E-state index is 12.7. The lowest BCUT2D eigenvalue weighted by Gasteiger charge is -2.20. The van der Waals surface area contributed by atoms with Crippen LogP contribution in [0.1, 0.15) is 29.8 Å². The number of benzene rings is 1. The summed E-state index contributed by atoms with van der Waals surface area (Å²) in [5.74, 6) is 0.0143. The summed E-state index contributed by atoms with van der Waals surface area (Å²) in [6, 6.07) is 9.98. The fraction of sp³-hybridized carbons (Fsp3) is 0.375. The molecule has 1 aromatic heterocycles. The Kier molecular flexibility index (Phi) is 4.01. The van der Waals surface area contributed by atoms with Gasteiger partial charge in [-0.1, -0.05) is 30.3 Å². The number of aromatic amines is 1. The minimum absolute atomic E-state index is 0.0143. The number of imidazole rings is 1. The van der Waals surface area contributed by atoms with Gasteiger partial charge < -0.3 is 15.6 Å². The molecule has 3 N–H and O–H groups in total. The van der Waals surface area contributed by atoms with Gasteiger partial charge in [-0.15, -0.1) is 0 Å². The molecule has 0 spiro atoms. The highest BCUT2D eigenvalue weighted by molar-refractivity contribution is 5.98. The van der Waals surface area contributed by atoms with Crippen LogP contribution in [-0.2, 0) is 0 Å². The molecule has 1 unspecified atom stereocenters. The summed E-state index contributed by atoms with van der Waals surface area (Å²) in [6.45, 7) is 1.48. The summed E-state index contributed by atoms with van der Waals surface area (Å²) in [5.41, 5.74) is 8.21. The van der Waals surface area contributed by atoms with Gasteiger partial charge in [-0.05, 0) is 19.3 Å².